The van der Waals surface area contributed by atoms with Crippen LogP contribution < -0.4 is 0 Å². The first-order valence-electron chi connectivity index (χ1n) is 6.42. The lowest BCUT2D eigenvalue weighted by Gasteiger charge is -2.01. The molecule has 0 aromatic rings. The maximum Gasteiger partial charge on any atom is 0.164 e. The number of methoxy groups -OCH3 is 1. The molecular formula is C15H30O. The van der Waals surface area contributed by atoms with Gasteiger partial charge >= 0.3 is 0 Å². The molecule has 0 aliphatic heterocycles. The smallest absolute Gasteiger partial charge is 0.164 e. The van der Waals surface area contributed by atoms with Crippen LogP contribution in [0.3, 0.4) is 0 Å². The Kier molecular flexibility index (Phi) is 25.1. The second-order valence-corrected chi connectivity index (χ2v) is 2.59. The lowest BCUT2D eigenvalue weighted by molar-refractivity contribution is 0.301. The second-order valence-electron chi connectivity index (χ2n) is 2.59. The summed E-state index contributed by atoms with van der Waals surface area (Å²) >= 11 is 0. The Morgan fingerprint density at radius 2 is 1.56 bits per heavy atom. The van der Waals surface area contributed by atoms with Crippen LogP contribution in [0.2, 0.25) is 0 Å². The summed E-state index contributed by atoms with van der Waals surface area (Å²) in [5.41, 5.74) is 4.26. The van der Waals surface area contributed by atoms with E-state index in [-0.39, 0.29) is 0 Å². The monoisotopic (exact) mass is 226 g/mol. The first-order valence-corrected chi connectivity index (χ1v) is 6.42. The molecule has 16 heavy (non-hydrogen) atoms. The van der Waals surface area contributed by atoms with Crippen LogP contribution in [0.1, 0.15) is 61.3 Å². The van der Waals surface area contributed by atoms with Gasteiger partial charge in [-0.1, -0.05) is 53.3 Å². The minimum absolute atomic E-state index is 0.846. The first kappa shape index (κ1) is 20.5. The van der Waals surface area contributed by atoms with Gasteiger partial charge in [0.1, 0.15) is 0 Å². The Morgan fingerprint density at radius 3 is 1.88 bits per heavy atom. The van der Waals surface area contributed by atoms with Crippen LogP contribution in [-0.2, 0) is 4.74 Å². The van der Waals surface area contributed by atoms with Crippen LogP contribution in [0, 0.1) is 0 Å². The molecule has 0 fully saturated rings. The molecule has 0 radical (unpaired) electrons. The number of hydrogen-bond acceptors (Lipinski definition) is 1. The van der Waals surface area contributed by atoms with Crippen molar-refractivity contribution >= 4 is 0 Å². The Labute approximate surface area is 103 Å². The van der Waals surface area contributed by atoms with Crippen LogP contribution in [0.15, 0.2) is 29.2 Å². The van der Waals surface area contributed by atoms with Gasteiger partial charge < -0.3 is 4.74 Å². The lowest BCUT2D eigenvalue weighted by Crippen LogP contribution is -1.86. The normalized spacial score (nSPS) is 8.62. The van der Waals surface area contributed by atoms with Crippen molar-refractivity contribution < 1.29 is 4.74 Å². The van der Waals surface area contributed by atoms with Gasteiger partial charge in [0, 0.05) is 0 Å². The lowest BCUT2D eigenvalue weighted by atomic mass is 10.2. The summed E-state index contributed by atoms with van der Waals surface area (Å²) in [5, 5.41) is 0. The number of hydrogen-bond donors (Lipinski definition) is 0. The average Bonchev–Trinajstić information content (AvgIpc) is 2.35. The molecule has 0 bridgehead atoms. The van der Waals surface area contributed by atoms with E-state index in [4.69, 9.17) is 4.74 Å². The molecule has 0 aromatic carbocycles. The minimum Gasteiger partial charge on any atom is -0.489 e. The number of allylic oxidation sites excluding steroid dienone is 2. The third kappa shape index (κ3) is 13.1. The molecule has 0 saturated carbocycles. The van der Waals surface area contributed by atoms with E-state index in [1.54, 1.807) is 7.11 Å². The maximum absolute atomic E-state index is 5.17. The zero-order valence-electron chi connectivity index (χ0n) is 12.5. The molecule has 0 N–H and O–H groups in total. The fourth-order valence-corrected chi connectivity index (χ4v) is 0.927. The molecule has 0 aliphatic carbocycles. The van der Waals surface area contributed by atoms with E-state index < -0.39 is 0 Å². The standard InChI is InChI=1S/C11H18O.2C2H6/c1-5-7-9-11(12-4)10(3)8-6-2;2*1-2/h7-8H,5-6H2,1-4H3;2*1-2H3/b10-8-;;. The van der Waals surface area contributed by atoms with Gasteiger partial charge in [-0.15, -0.1) is 0 Å². The molecule has 0 unspecified atom stereocenters. The molecule has 0 amide bonds. The maximum atomic E-state index is 5.17. The second kappa shape index (κ2) is 19.6. The summed E-state index contributed by atoms with van der Waals surface area (Å²) in [7, 11) is 1.68. The summed E-state index contributed by atoms with van der Waals surface area (Å²) in [6.45, 7) is 14.2. The molecule has 0 spiro atoms. The molecule has 1 nitrogen and oxygen atoms in total. The van der Waals surface area contributed by atoms with Crippen molar-refractivity contribution in [3.05, 3.63) is 29.2 Å². The fraction of sp³-hybridized carbons (Fsp3) is 0.667. The van der Waals surface area contributed by atoms with Gasteiger partial charge in [0.15, 0.2) is 5.76 Å². The summed E-state index contributed by atoms with van der Waals surface area (Å²) in [4.78, 5) is 0. The number of rotatable bonds is 4. The summed E-state index contributed by atoms with van der Waals surface area (Å²) in [6, 6.07) is 0. The van der Waals surface area contributed by atoms with E-state index in [1.807, 2.05) is 40.7 Å². The highest BCUT2D eigenvalue weighted by molar-refractivity contribution is 5.22. The first-order chi connectivity index (χ1) is 7.76. The van der Waals surface area contributed by atoms with Crippen LogP contribution in [0.5, 0.6) is 0 Å². The molecule has 0 rings (SSSR count). The predicted molar refractivity (Wildman–Crippen MR) is 75.6 cm³/mol. The summed E-state index contributed by atoms with van der Waals surface area (Å²) in [5.74, 6) is 0.846. The molecule has 0 saturated heterocycles. The molecule has 0 atom stereocenters. The van der Waals surface area contributed by atoms with Crippen molar-refractivity contribution in [3.63, 3.8) is 0 Å². The SMILES string of the molecule is CC.CC.CCC=C=C(OC)/C(C)=C\CC. The Hall–Kier alpha value is -0.940. The fourth-order valence-electron chi connectivity index (χ4n) is 0.927. The Balaban J connectivity index is -0.000000376. The molecule has 0 aliphatic rings. The van der Waals surface area contributed by atoms with Crippen molar-refractivity contribution in [1.82, 2.24) is 0 Å². The van der Waals surface area contributed by atoms with Crippen molar-refractivity contribution in [1.29, 1.82) is 0 Å². The van der Waals surface area contributed by atoms with Crippen LogP contribution in [0.25, 0.3) is 0 Å². The Bertz CT molecular complexity index is 205. The van der Waals surface area contributed by atoms with E-state index >= 15 is 0 Å². The molecule has 96 valence electrons. The van der Waals surface area contributed by atoms with Gasteiger partial charge in [-0.3, -0.25) is 0 Å². The van der Waals surface area contributed by atoms with E-state index in [9.17, 15) is 0 Å². The van der Waals surface area contributed by atoms with Gasteiger partial charge in [0.05, 0.1) is 7.11 Å². The van der Waals surface area contributed by atoms with Crippen molar-refractivity contribution in [2.45, 2.75) is 61.3 Å². The van der Waals surface area contributed by atoms with Crippen LogP contribution >= 0.6 is 0 Å². The quantitative estimate of drug-likeness (QED) is 0.350. The van der Waals surface area contributed by atoms with Crippen LogP contribution in [-0.4, -0.2) is 7.11 Å². The number of ether oxygens (including phenoxy) is 1. The molecule has 0 heterocycles. The highest BCUT2D eigenvalue weighted by Crippen LogP contribution is 2.08. The third-order valence-corrected chi connectivity index (χ3v) is 1.51. The minimum atomic E-state index is 0.846. The predicted octanol–water partition coefficient (Wildman–Crippen LogP) is 5.49. The highest BCUT2D eigenvalue weighted by Gasteiger charge is 1.94. The highest BCUT2D eigenvalue weighted by atomic mass is 16.5. The van der Waals surface area contributed by atoms with E-state index in [0.717, 1.165) is 24.2 Å². The van der Waals surface area contributed by atoms with Crippen molar-refractivity contribution in [2.75, 3.05) is 7.11 Å². The largest absolute Gasteiger partial charge is 0.489 e. The zero-order chi connectivity index (χ0) is 13.4. The molecule has 0 aromatic heterocycles. The van der Waals surface area contributed by atoms with Crippen molar-refractivity contribution in [3.8, 4) is 0 Å². The van der Waals surface area contributed by atoms with E-state index in [0.29, 0.717) is 0 Å². The van der Waals surface area contributed by atoms with Crippen LogP contribution in [0.4, 0.5) is 0 Å². The van der Waals surface area contributed by atoms with E-state index in [1.165, 1.54) is 0 Å². The Morgan fingerprint density at radius 1 is 1.06 bits per heavy atom. The van der Waals surface area contributed by atoms with Gasteiger partial charge in [-0.25, -0.2) is 0 Å². The van der Waals surface area contributed by atoms with Gasteiger partial charge in [0.25, 0.3) is 0 Å². The zero-order valence-corrected chi connectivity index (χ0v) is 12.5. The van der Waals surface area contributed by atoms with Gasteiger partial charge in [-0.2, -0.15) is 0 Å². The summed E-state index contributed by atoms with van der Waals surface area (Å²) in [6.07, 6.45) is 6.14. The van der Waals surface area contributed by atoms with Gasteiger partial charge in [0.2, 0.25) is 0 Å². The van der Waals surface area contributed by atoms with E-state index in [2.05, 4.69) is 25.7 Å². The topological polar surface area (TPSA) is 9.23 Å². The molecule has 1 heteroatoms. The van der Waals surface area contributed by atoms with Gasteiger partial charge in [-0.05, 0) is 31.4 Å². The summed E-state index contributed by atoms with van der Waals surface area (Å²) < 4.78 is 5.17. The average molecular weight is 226 g/mol. The third-order valence-electron chi connectivity index (χ3n) is 1.51. The van der Waals surface area contributed by atoms with Crippen molar-refractivity contribution in [2.24, 2.45) is 0 Å². The molecular weight excluding hydrogens is 196 g/mol.